The smallest absolute Gasteiger partial charge is 0.131 e. The van der Waals surface area contributed by atoms with E-state index in [-0.39, 0.29) is 18.5 Å². The Kier molecular flexibility index (Phi) is 4.62. The van der Waals surface area contributed by atoms with Crippen LogP contribution in [0.25, 0.3) is 21.6 Å². The Bertz CT molecular complexity index is 786. The molecule has 1 aliphatic heterocycles. The molecule has 1 atom stereocenters. The van der Waals surface area contributed by atoms with Gasteiger partial charge in [0.1, 0.15) is 17.7 Å². The molecule has 4 nitrogen and oxygen atoms in total. The van der Waals surface area contributed by atoms with Gasteiger partial charge in [-0.15, -0.1) is 0 Å². The van der Waals surface area contributed by atoms with Crippen LogP contribution in [0.2, 0.25) is 10.0 Å². The molecule has 0 aliphatic carbocycles. The van der Waals surface area contributed by atoms with Crippen molar-refractivity contribution in [2.24, 2.45) is 5.11 Å². The van der Waals surface area contributed by atoms with E-state index in [0.717, 1.165) is 5.56 Å². The number of nitrogens with zero attached hydrogens (tertiary/aromatic N) is 3. The van der Waals surface area contributed by atoms with Crippen LogP contribution in [0.5, 0.6) is 5.75 Å². The van der Waals surface area contributed by atoms with Gasteiger partial charge in [-0.2, -0.15) is 0 Å². The van der Waals surface area contributed by atoms with E-state index in [1.165, 1.54) is 12.1 Å². The normalized spacial score (nSPS) is 16.2. The Morgan fingerprint density at radius 2 is 2.04 bits per heavy atom. The molecule has 0 aromatic heterocycles. The van der Waals surface area contributed by atoms with Crippen molar-refractivity contribution in [3.05, 3.63) is 62.2 Å². The predicted octanol–water partition coefficient (Wildman–Crippen LogP) is 5.80. The second-order valence-corrected chi connectivity index (χ2v) is 6.04. The summed E-state index contributed by atoms with van der Waals surface area (Å²) in [6.45, 7) is 0.225. The molecule has 1 aliphatic rings. The summed E-state index contributed by atoms with van der Waals surface area (Å²) in [6.07, 6.45) is 1.04. The van der Waals surface area contributed by atoms with E-state index in [1.54, 1.807) is 18.2 Å². The molecule has 2 aromatic rings. The maximum absolute atomic E-state index is 14.0. The van der Waals surface area contributed by atoms with Gasteiger partial charge in [-0.05, 0) is 48.2 Å². The number of hydrogen-bond acceptors (Lipinski definition) is 2. The SMILES string of the molecule is [N-]=[N+]=NCC1CCc2cc(F)cc(-c3c(Cl)cccc3Cl)c2O1. The number of hydrogen-bond donors (Lipinski definition) is 0. The lowest BCUT2D eigenvalue weighted by Gasteiger charge is -2.27. The fraction of sp³-hybridized carbons (Fsp3) is 0.250. The summed E-state index contributed by atoms with van der Waals surface area (Å²) in [5, 5.41) is 4.40. The number of fused-ring (bicyclic) bond motifs is 1. The van der Waals surface area contributed by atoms with Crippen molar-refractivity contribution in [1.82, 2.24) is 0 Å². The highest BCUT2D eigenvalue weighted by Gasteiger charge is 2.25. The lowest BCUT2D eigenvalue weighted by Crippen LogP contribution is -2.26. The Balaban J connectivity index is 2.12. The van der Waals surface area contributed by atoms with Gasteiger partial charge < -0.3 is 4.74 Å². The van der Waals surface area contributed by atoms with Gasteiger partial charge in [0, 0.05) is 16.0 Å². The summed E-state index contributed by atoms with van der Waals surface area (Å²) in [6, 6.07) is 7.93. The highest BCUT2D eigenvalue weighted by molar-refractivity contribution is 6.39. The zero-order valence-electron chi connectivity index (χ0n) is 12.0. The minimum atomic E-state index is -0.369. The zero-order valence-corrected chi connectivity index (χ0v) is 13.5. The molecule has 0 bridgehead atoms. The van der Waals surface area contributed by atoms with E-state index in [2.05, 4.69) is 10.0 Å². The van der Waals surface area contributed by atoms with Crippen molar-refractivity contribution in [2.75, 3.05) is 6.54 Å². The number of aryl methyl sites for hydroxylation is 1. The van der Waals surface area contributed by atoms with Crippen LogP contribution in [0.15, 0.2) is 35.4 Å². The van der Waals surface area contributed by atoms with Crippen LogP contribution in [0.1, 0.15) is 12.0 Å². The molecular weight excluding hydrogens is 340 g/mol. The molecule has 0 fully saturated rings. The van der Waals surface area contributed by atoms with Gasteiger partial charge >= 0.3 is 0 Å². The van der Waals surface area contributed by atoms with E-state index in [0.29, 0.717) is 39.8 Å². The molecule has 0 spiro atoms. The number of benzene rings is 2. The highest BCUT2D eigenvalue weighted by Crippen LogP contribution is 2.44. The first-order chi connectivity index (χ1) is 11.1. The molecular formula is C16H12Cl2FN3O. The van der Waals surface area contributed by atoms with Crippen molar-refractivity contribution < 1.29 is 9.13 Å². The van der Waals surface area contributed by atoms with Crippen molar-refractivity contribution >= 4 is 23.2 Å². The molecule has 1 unspecified atom stereocenters. The summed E-state index contributed by atoms with van der Waals surface area (Å²) in [5.74, 6) is 0.178. The van der Waals surface area contributed by atoms with Gasteiger partial charge in [0.05, 0.1) is 16.6 Å². The van der Waals surface area contributed by atoms with Crippen LogP contribution in [0, 0.1) is 5.82 Å². The lowest BCUT2D eigenvalue weighted by molar-refractivity contribution is 0.182. The maximum atomic E-state index is 14.0. The summed E-state index contributed by atoms with van der Waals surface area (Å²) in [4.78, 5) is 2.75. The first kappa shape index (κ1) is 15.9. The topological polar surface area (TPSA) is 58.0 Å². The molecule has 118 valence electrons. The summed E-state index contributed by atoms with van der Waals surface area (Å²) in [5.41, 5.74) is 10.3. The number of ether oxygens (including phenoxy) is 1. The molecule has 2 aromatic carbocycles. The third kappa shape index (κ3) is 3.22. The predicted molar refractivity (Wildman–Crippen MR) is 88.6 cm³/mol. The van der Waals surface area contributed by atoms with E-state index in [4.69, 9.17) is 33.5 Å². The van der Waals surface area contributed by atoms with Crippen molar-refractivity contribution in [3.8, 4) is 16.9 Å². The molecule has 23 heavy (non-hydrogen) atoms. The molecule has 0 radical (unpaired) electrons. The average Bonchev–Trinajstić information content (AvgIpc) is 2.52. The molecule has 1 heterocycles. The Labute approximate surface area is 142 Å². The third-order valence-corrected chi connectivity index (χ3v) is 4.36. The first-order valence-corrected chi connectivity index (χ1v) is 7.80. The van der Waals surface area contributed by atoms with E-state index >= 15 is 0 Å². The number of azide groups is 1. The van der Waals surface area contributed by atoms with E-state index in [9.17, 15) is 4.39 Å². The lowest BCUT2D eigenvalue weighted by atomic mass is 9.95. The van der Waals surface area contributed by atoms with Gasteiger partial charge in [0.15, 0.2) is 0 Å². The maximum Gasteiger partial charge on any atom is 0.131 e. The van der Waals surface area contributed by atoms with Crippen LogP contribution in [-0.2, 0) is 6.42 Å². The molecule has 0 saturated carbocycles. The van der Waals surface area contributed by atoms with Crippen LogP contribution in [-0.4, -0.2) is 12.6 Å². The van der Waals surface area contributed by atoms with E-state index < -0.39 is 0 Å². The van der Waals surface area contributed by atoms with Crippen LogP contribution in [0.3, 0.4) is 0 Å². The average molecular weight is 352 g/mol. The minimum absolute atomic E-state index is 0.225. The summed E-state index contributed by atoms with van der Waals surface area (Å²) < 4.78 is 19.9. The standard InChI is InChI=1S/C16H12Cl2FN3O/c17-13-2-1-3-14(18)15(13)12-7-10(19)6-9-4-5-11(8-21-22-20)23-16(9)12/h1-3,6-7,11H,4-5,8H2. The van der Waals surface area contributed by atoms with Crippen molar-refractivity contribution in [3.63, 3.8) is 0 Å². The van der Waals surface area contributed by atoms with Gasteiger partial charge in [0.2, 0.25) is 0 Å². The molecule has 3 rings (SSSR count). The third-order valence-electron chi connectivity index (χ3n) is 3.73. The quantitative estimate of drug-likeness (QED) is 0.391. The fourth-order valence-electron chi connectivity index (χ4n) is 2.71. The second kappa shape index (κ2) is 6.67. The Hall–Kier alpha value is -1.94. The highest BCUT2D eigenvalue weighted by atomic mass is 35.5. The van der Waals surface area contributed by atoms with Gasteiger partial charge in [-0.25, -0.2) is 4.39 Å². The van der Waals surface area contributed by atoms with Crippen molar-refractivity contribution in [1.29, 1.82) is 0 Å². The molecule has 0 saturated heterocycles. The molecule has 0 amide bonds. The van der Waals surface area contributed by atoms with Crippen LogP contribution >= 0.6 is 23.2 Å². The van der Waals surface area contributed by atoms with Crippen molar-refractivity contribution in [2.45, 2.75) is 18.9 Å². The molecule has 0 N–H and O–H groups in total. The van der Waals surface area contributed by atoms with Gasteiger partial charge in [-0.1, -0.05) is 34.4 Å². The number of halogens is 3. The zero-order chi connectivity index (χ0) is 16.4. The minimum Gasteiger partial charge on any atom is -0.489 e. The monoisotopic (exact) mass is 351 g/mol. The van der Waals surface area contributed by atoms with Crippen LogP contribution in [0.4, 0.5) is 4.39 Å². The summed E-state index contributed by atoms with van der Waals surface area (Å²) in [7, 11) is 0. The van der Waals surface area contributed by atoms with Gasteiger partial charge in [0.25, 0.3) is 0 Å². The Morgan fingerprint density at radius 3 is 2.74 bits per heavy atom. The summed E-state index contributed by atoms with van der Waals surface area (Å²) >= 11 is 12.5. The van der Waals surface area contributed by atoms with E-state index in [1.807, 2.05) is 0 Å². The number of rotatable bonds is 3. The van der Waals surface area contributed by atoms with Crippen LogP contribution < -0.4 is 4.74 Å². The largest absolute Gasteiger partial charge is 0.489 e. The second-order valence-electron chi connectivity index (χ2n) is 5.23. The van der Waals surface area contributed by atoms with Gasteiger partial charge in [-0.3, -0.25) is 0 Å². The fourth-order valence-corrected chi connectivity index (χ4v) is 3.32. The first-order valence-electron chi connectivity index (χ1n) is 7.04. The Morgan fingerprint density at radius 1 is 1.30 bits per heavy atom. The molecule has 7 heteroatoms.